The summed E-state index contributed by atoms with van der Waals surface area (Å²) in [5.74, 6) is -2.32. The van der Waals surface area contributed by atoms with Gasteiger partial charge in [-0.3, -0.25) is 9.59 Å². The summed E-state index contributed by atoms with van der Waals surface area (Å²) in [6.07, 6.45) is -0.677. The molecule has 1 aromatic rings. The molecule has 2 unspecified atom stereocenters. The molecule has 0 bridgehead atoms. The number of esters is 1. The highest BCUT2D eigenvalue weighted by Gasteiger charge is 2.39. The number of aliphatic hydroxyl groups excluding tert-OH is 1. The van der Waals surface area contributed by atoms with Crippen molar-refractivity contribution in [2.45, 2.75) is 32.3 Å². The number of nitrogens with zero attached hydrogens (tertiary/aromatic N) is 1. The summed E-state index contributed by atoms with van der Waals surface area (Å²) < 4.78 is 9.88. The van der Waals surface area contributed by atoms with Crippen molar-refractivity contribution in [3.05, 3.63) is 35.9 Å². The number of cyclic esters (lactones) is 1. The molecule has 1 aliphatic rings. The van der Waals surface area contributed by atoms with Gasteiger partial charge >= 0.3 is 12.1 Å². The van der Waals surface area contributed by atoms with Gasteiger partial charge in [0.1, 0.15) is 6.61 Å². The summed E-state index contributed by atoms with van der Waals surface area (Å²) in [4.78, 5) is 37.3. The van der Waals surface area contributed by atoms with Crippen molar-refractivity contribution in [1.29, 1.82) is 0 Å². The van der Waals surface area contributed by atoms with Gasteiger partial charge in [0.05, 0.1) is 31.6 Å². The molecule has 7 heteroatoms. The number of carbonyl (C=O) groups is 3. The molecule has 0 aliphatic carbocycles. The highest BCUT2D eigenvalue weighted by atomic mass is 16.6. The minimum absolute atomic E-state index is 0.111. The van der Waals surface area contributed by atoms with Crippen LogP contribution in [0, 0.1) is 5.92 Å². The van der Waals surface area contributed by atoms with Gasteiger partial charge in [0.2, 0.25) is 5.91 Å². The molecular formula is C18H23NO6. The second-order valence-corrected chi connectivity index (χ2v) is 5.84. The van der Waals surface area contributed by atoms with Gasteiger partial charge in [0.15, 0.2) is 0 Å². The van der Waals surface area contributed by atoms with E-state index in [0.717, 1.165) is 17.7 Å². The van der Waals surface area contributed by atoms with Crippen molar-refractivity contribution < 1.29 is 29.0 Å². The number of amides is 2. The van der Waals surface area contributed by atoms with Gasteiger partial charge in [-0.1, -0.05) is 43.7 Å². The van der Waals surface area contributed by atoms with E-state index in [9.17, 15) is 19.5 Å². The Morgan fingerprint density at radius 3 is 2.64 bits per heavy atom. The van der Waals surface area contributed by atoms with Crippen LogP contribution in [-0.2, 0) is 19.1 Å². The number of aliphatic hydroxyl groups is 1. The lowest BCUT2D eigenvalue weighted by Crippen LogP contribution is -2.40. The van der Waals surface area contributed by atoms with E-state index in [1.54, 1.807) is 30.3 Å². The number of hydrogen-bond acceptors (Lipinski definition) is 6. The number of hydrogen-bond donors (Lipinski definition) is 1. The Labute approximate surface area is 146 Å². The summed E-state index contributed by atoms with van der Waals surface area (Å²) in [5, 5.41) is 10.6. The first kappa shape index (κ1) is 18.9. The van der Waals surface area contributed by atoms with E-state index >= 15 is 0 Å². The Balaban J connectivity index is 2.14. The lowest BCUT2D eigenvalue weighted by molar-refractivity contribution is -0.151. The Morgan fingerprint density at radius 1 is 1.32 bits per heavy atom. The number of carbonyl (C=O) groups excluding carboxylic acids is 3. The third kappa shape index (κ3) is 5.03. The van der Waals surface area contributed by atoms with Gasteiger partial charge in [-0.2, -0.15) is 0 Å². The lowest BCUT2D eigenvalue weighted by atomic mass is 9.91. The van der Waals surface area contributed by atoms with E-state index in [-0.39, 0.29) is 26.2 Å². The van der Waals surface area contributed by atoms with Crippen molar-refractivity contribution in [1.82, 2.24) is 4.90 Å². The molecule has 1 fully saturated rings. The van der Waals surface area contributed by atoms with Crippen LogP contribution >= 0.6 is 0 Å². The van der Waals surface area contributed by atoms with Gasteiger partial charge in [0.25, 0.3) is 0 Å². The second-order valence-electron chi connectivity index (χ2n) is 5.84. The second kappa shape index (κ2) is 9.17. The van der Waals surface area contributed by atoms with Crippen LogP contribution in [-0.4, -0.2) is 47.7 Å². The van der Waals surface area contributed by atoms with Crippen molar-refractivity contribution in [3.8, 4) is 0 Å². The molecule has 1 N–H and O–H groups in total. The van der Waals surface area contributed by atoms with Crippen LogP contribution in [0.2, 0.25) is 0 Å². The van der Waals surface area contributed by atoms with Crippen LogP contribution in [0.1, 0.15) is 37.9 Å². The minimum atomic E-state index is -1.22. The summed E-state index contributed by atoms with van der Waals surface area (Å²) in [5.41, 5.74) is 0.495. The number of unbranched alkanes of at least 4 members (excludes halogenated alkanes) is 1. The number of ether oxygens (including phenoxy) is 2. The van der Waals surface area contributed by atoms with Crippen molar-refractivity contribution in [2.75, 3.05) is 19.8 Å². The zero-order valence-electron chi connectivity index (χ0n) is 14.2. The maximum atomic E-state index is 12.7. The minimum Gasteiger partial charge on any atom is -0.466 e. The van der Waals surface area contributed by atoms with Crippen LogP contribution in [0.25, 0.3) is 0 Å². The molecule has 1 saturated heterocycles. The van der Waals surface area contributed by atoms with Gasteiger partial charge in [-0.15, -0.1) is 0 Å². The molecule has 1 heterocycles. The Hall–Kier alpha value is -2.41. The Kier molecular flexibility index (Phi) is 6.94. The predicted molar refractivity (Wildman–Crippen MR) is 88.4 cm³/mol. The molecule has 0 saturated carbocycles. The SMILES string of the molecule is CCCCOC(=O)CC(C(=O)N1CCOC1=O)C(O)c1ccccc1. The van der Waals surface area contributed by atoms with Crippen LogP contribution in [0.4, 0.5) is 4.79 Å². The first-order chi connectivity index (χ1) is 12.0. The maximum Gasteiger partial charge on any atom is 0.416 e. The van der Waals surface area contributed by atoms with E-state index in [4.69, 9.17) is 9.47 Å². The van der Waals surface area contributed by atoms with E-state index < -0.39 is 30.0 Å². The smallest absolute Gasteiger partial charge is 0.416 e. The molecule has 0 radical (unpaired) electrons. The summed E-state index contributed by atoms with van der Waals surface area (Å²) in [6.45, 7) is 2.46. The summed E-state index contributed by atoms with van der Waals surface area (Å²) >= 11 is 0. The molecule has 25 heavy (non-hydrogen) atoms. The van der Waals surface area contributed by atoms with Gasteiger partial charge in [0, 0.05) is 0 Å². The van der Waals surface area contributed by atoms with E-state index in [0.29, 0.717) is 5.56 Å². The molecule has 0 spiro atoms. The predicted octanol–water partition coefficient (Wildman–Crippen LogP) is 2.05. The molecular weight excluding hydrogens is 326 g/mol. The first-order valence-corrected chi connectivity index (χ1v) is 8.41. The molecule has 2 atom stereocenters. The average molecular weight is 349 g/mol. The topological polar surface area (TPSA) is 93.1 Å². The molecule has 2 amide bonds. The molecule has 1 aliphatic heterocycles. The van der Waals surface area contributed by atoms with Crippen LogP contribution in [0.15, 0.2) is 30.3 Å². The fourth-order valence-corrected chi connectivity index (χ4v) is 2.58. The lowest BCUT2D eigenvalue weighted by Gasteiger charge is -2.24. The zero-order valence-corrected chi connectivity index (χ0v) is 14.2. The maximum absolute atomic E-state index is 12.7. The van der Waals surface area contributed by atoms with E-state index in [2.05, 4.69) is 0 Å². The molecule has 7 nitrogen and oxygen atoms in total. The van der Waals surface area contributed by atoms with Crippen molar-refractivity contribution in [2.24, 2.45) is 5.92 Å². The highest BCUT2D eigenvalue weighted by Crippen LogP contribution is 2.28. The van der Waals surface area contributed by atoms with Crippen LogP contribution in [0.5, 0.6) is 0 Å². The zero-order chi connectivity index (χ0) is 18.2. The monoisotopic (exact) mass is 349 g/mol. The van der Waals surface area contributed by atoms with Gasteiger partial charge in [-0.05, 0) is 12.0 Å². The molecule has 0 aromatic heterocycles. The van der Waals surface area contributed by atoms with E-state index in [1.165, 1.54) is 0 Å². The van der Waals surface area contributed by atoms with Gasteiger partial charge in [-0.25, -0.2) is 9.69 Å². The number of benzene rings is 1. The summed E-state index contributed by atoms with van der Waals surface area (Å²) in [6, 6.07) is 8.56. The van der Waals surface area contributed by atoms with Crippen molar-refractivity contribution >= 4 is 18.0 Å². The third-order valence-electron chi connectivity index (χ3n) is 4.01. The van der Waals surface area contributed by atoms with Gasteiger partial charge < -0.3 is 14.6 Å². The normalized spacial score (nSPS) is 16.2. The standard InChI is InChI=1S/C18H23NO6/c1-2-3-10-24-15(20)12-14(16(21)13-7-5-4-6-8-13)17(22)19-9-11-25-18(19)23/h4-8,14,16,21H,2-3,9-12H2,1H3. The largest absolute Gasteiger partial charge is 0.466 e. The van der Waals surface area contributed by atoms with E-state index in [1.807, 2.05) is 6.92 Å². The number of imide groups is 1. The average Bonchev–Trinajstić information content (AvgIpc) is 3.05. The quantitative estimate of drug-likeness (QED) is 0.570. The third-order valence-corrected chi connectivity index (χ3v) is 4.01. The van der Waals surface area contributed by atoms with Crippen LogP contribution in [0.3, 0.4) is 0 Å². The Bertz CT molecular complexity index is 603. The highest BCUT2D eigenvalue weighted by molar-refractivity contribution is 5.96. The van der Waals surface area contributed by atoms with Crippen LogP contribution < -0.4 is 0 Å². The first-order valence-electron chi connectivity index (χ1n) is 8.41. The molecule has 136 valence electrons. The molecule has 1 aromatic carbocycles. The fourth-order valence-electron chi connectivity index (χ4n) is 2.58. The number of rotatable bonds is 8. The summed E-state index contributed by atoms with van der Waals surface area (Å²) in [7, 11) is 0. The molecule has 2 rings (SSSR count). The Morgan fingerprint density at radius 2 is 2.04 bits per heavy atom. The van der Waals surface area contributed by atoms with Crippen molar-refractivity contribution in [3.63, 3.8) is 0 Å². The fraction of sp³-hybridized carbons (Fsp3) is 0.500.